The molecule has 2 aromatic rings. The third-order valence-electron chi connectivity index (χ3n) is 5.44. The highest BCUT2D eigenvalue weighted by Crippen LogP contribution is 2.34. The first-order valence-corrected chi connectivity index (χ1v) is 10.3. The van der Waals surface area contributed by atoms with Gasteiger partial charge in [-0.25, -0.2) is 0 Å². The minimum absolute atomic E-state index is 0.0459. The Hall–Kier alpha value is -3.06. The Kier molecular flexibility index (Phi) is 5.90. The average molecular weight is 409 g/mol. The van der Waals surface area contributed by atoms with Crippen LogP contribution in [0.3, 0.4) is 0 Å². The van der Waals surface area contributed by atoms with Crippen molar-refractivity contribution >= 4 is 23.2 Å². The zero-order valence-electron chi connectivity index (χ0n) is 17.4. The molecule has 0 aromatic heterocycles. The van der Waals surface area contributed by atoms with Gasteiger partial charge in [0.1, 0.15) is 0 Å². The highest BCUT2D eigenvalue weighted by Gasteiger charge is 2.30. The number of para-hydroxylation sites is 1. The lowest BCUT2D eigenvalue weighted by Crippen LogP contribution is -2.37. The maximum absolute atomic E-state index is 12.6. The summed E-state index contributed by atoms with van der Waals surface area (Å²) in [4.78, 5) is 27.1. The SMILES string of the molecule is Cc1cccc(C)c1NC(=O)CN(CCC(=O)Nc1ccc2c(c1)OCO2)C1CC1. The third-order valence-corrected chi connectivity index (χ3v) is 5.44. The first kappa shape index (κ1) is 20.2. The standard InChI is InChI=1S/C23H27N3O4/c1-15-4-3-5-16(2)23(15)25-22(28)13-26(18-7-8-18)11-10-21(27)24-17-6-9-19-20(12-17)30-14-29-19/h3-6,9,12,18H,7-8,10-11,13-14H2,1-2H3,(H,24,27)(H,25,28). The Balaban J connectivity index is 1.29. The molecule has 2 N–H and O–H groups in total. The molecule has 1 fully saturated rings. The van der Waals surface area contributed by atoms with Crippen molar-refractivity contribution < 1.29 is 19.1 Å². The van der Waals surface area contributed by atoms with Crippen molar-refractivity contribution in [2.45, 2.75) is 39.2 Å². The van der Waals surface area contributed by atoms with E-state index in [1.54, 1.807) is 18.2 Å². The van der Waals surface area contributed by atoms with Crippen molar-refractivity contribution in [3.05, 3.63) is 47.5 Å². The number of carbonyl (C=O) groups is 2. The number of nitrogens with zero attached hydrogens (tertiary/aromatic N) is 1. The van der Waals surface area contributed by atoms with Gasteiger partial charge in [0.2, 0.25) is 18.6 Å². The second-order valence-electron chi connectivity index (χ2n) is 7.88. The number of hydrogen-bond donors (Lipinski definition) is 2. The van der Waals surface area contributed by atoms with E-state index in [1.165, 1.54) is 0 Å². The number of nitrogens with one attached hydrogen (secondary N) is 2. The summed E-state index contributed by atoms with van der Waals surface area (Å²) in [5.41, 5.74) is 3.64. The lowest BCUT2D eigenvalue weighted by Gasteiger charge is -2.22. The maximum Gasteiger partial charge on any atom is 0.238 e. The lowest BCUT2D eigenvalue weighted by atomic mass is 10.1. The van der Waals surface area contributed by atoms with Gasteiger partial charge in [0, 0.05) is 36.4 Å². The van der Waals surface area contributed by atoms with Gasteiger partial charge in [-0.15, -0.1) is 0 Å². The predicted molar refractivity (Wildman–Crippen MR) is 115 cm³/mol. The predicted octanol–water partition coefficient (Wildman–Crippen LogP) is 3.46. The van der Waals surface area contributed by atoms with Gasteiger partial charge in [-0.1, -0.05) is 18.2 Å². The van der Waals surface area contributed by atoms with E-state index in [9.17, 15) is 9.59 Å². The molecule has 0 saturated heterocycles. The fourth-order valence-corrected chi connectivity index (χ4v) is 3.65. The Morgan fingerprint density at radius 3 is 2.47 bits per heavy atom. The van der Waals surface area contributed by atoms with Crippen molar-refractivity contribution in [1.29, 1.82) is 0 Å². The van der Waals surface area contributed by atoms with Gasteiger partial charge in [0.15, 0.2) is 11.5 Å². The van der Waals surface area contributed by atoms with E-state index >= 15 is 0 Å². The van der Waals surface area contributed by atoms with Gasteiger partial charge in [0.25, 0.3) is 0 Å². The number of benzene rings is 2. The molecule has 0 unspecified atom stereocenters. The van der Waals surface area contributed by atoms with Crippen molar-refractivity contribution in [1.82, 2.24) is 4.90 Å². The van der Waals surface area contributed by atoms with Crippen LogP contribution in [0.15, 0.2) is 36.4 Å². The summed E-state index contributed by atoms with van der Waals surface area (Å²) in [6.07, 6.45) is 2.46. The second-order valence-corrected chi connectivity index (χ2v) is 7.88. The number of ether oxygens (including phenoxy) is 2. The molecule has 7 nitrogen and oxygen atoms in total. The smallest absolute Gasteiger partial charge is 0.238 e. The molecule has 0 bridgehead atoms. The van der Waals surface area contributed by atoms with Crippen LogP contribution in [0.25, 0.3) is 0 Å². The van der Waals surface area contributed by atoms with Crippen LogP contribution in [0.4, 0.5) is 11.4 Å². The van der Waals surface area contributed by atoms with Crippen LogP contribution in [0.2, 0.25) is 0 Å². The Labute approximate surface area is 176 Å². The molecule has 30 heavy (non-hydrogen) atoms. The molecule has 158 valence electrons. The van der Waals surface area contributed by atoms with Crippen LogP contribution in [0.5, 0.6) is 11.5 Å². The first-order chi connectivity index (χ1) is 14.5. The number of rotatable bonds is 8. The summed E-state index contributed by atoms with van der Waals surface area (Å²) >= 11 is 0. The van der Waals surface area contributed by atoms with E-state index in [-0.39, 0.29) is 25.2 Å². The van der Waals surface area contributed by atoms with Crippen molar-refractivity contribution in [2.75, 3.05) is 30.5 Å². The fourth-order valence-electron chi connectivity index (χ4n) is 3.65. The van der Waals surface area contributed by atoms with E-state index in [0.717, 1.165) is 29.7 Å². The van der Waals surface area contributed by atoms with Crippen LogP contribution in [0.1, 0.15) is 30.4 Å². The van der Waals surface area contributed by atoms with E-state index in [0.29, 0.717) is 36.2 Å². The van der Waals surface area contributed by atoms with Gasteiger partial charge in [-0.05, 0) is 49.9 Å². The minimum atomic E-state index is -0.0883. The molecular weight excluding hydrogens is 382 g/mol. The second kappa shape index (κ2) is 8.75. The zero-order valence-corrected chi connectivity index (χ0v) is 17.4. The van der Waals surface area contributed by atoms with Gasteiger partial charge >= 0.3 is 0 Å². The first-order valence-electron chi connectivity index (χ1n) is 10.3. The van der Waals surface area contributed by atoms with Crippen molar-refractivity contribution in [3.63, 3.8) is 0 Å². The molecule has 1 aliphatic heterocycles. The summed E-state index contributed by atoms with van der Waals surface area (Å²) in [6.45, 7) is 5.01. The maximum atomic E-state index is 12.6. The third kappa shape index (κ3) is 4.91. The van der Waals surface area contributed by atoms with E-state index in [4.69, 9.17) is 9.47 Å². The molecule has 1 heterocycles. The number of amides is 2. The normalized spacial score (nSPS) is 14.6. The van der Waals surface area contributed by atoms with Crippen LogP contribution in [-0.2, 0) is 9.59 Å². The van der Waals surface area contributed by atoms with Crippen LogP contribution >= 0.6 is 0 Å². The molecular formula is C23H27N3O4. The summed E-state index contributed by atoms with van der Waals surface area (Å²) in [7, 11) is 0. The number of aryl methyl sites for hydroxylation is 2. The monoisotopic (exact) mass is 409 g/mol. The Morgan fingerprint density at radius 2 is 1.73 bits per heavy atom. The summed E-state index contributed by atoms with van der Waals surface area (Å²) in [5, 5.41) is 5.93. The van der Waals surface area contributed by atoms with E-state index < -0.39 is 0 Å². The molecule has 1 aliphatic carbocycles. The number of carbonyl (C=O) groups excluding carboxylic acids is 2. The highest BCUT2D eigenvalue weighted by atomic mass is 16.7. The van der Waals surface area contributed by atoms with Gasteiger partial charge < -0.3 is 20.1 Å². The summed E-state index contributed by atoms with van der Waals surface area (Å²) in [5.74, 6) is 1.18. The summed E-state index contributed by atoms with van der Waals surface area (Å²) in [6, 6.07) is 11.7. The van der Waals surface area contributed by atoms with E-state index in [2.05, 4.69) is 15.5 Å². The molecule has 2 aromatic carbocycles. The Morgan fingerprint density at radius 1 is 1.00 bits per heavy atom. The quantitative estimate of drug-likeness (QED) is 0.698. The fraction of sp³-hybridized carbons (Fsp3) is 0.391. The number of hydrogen-bond acceptors (Lipinski definition) is 5. The molecule has 1 saturated carbocycles. The molecule has 0 spiro atoms. The average Bonchev–Trinajstić information content (AvgIpc) is 3.45. The van der Waals surface area contributed by atoms with E-state index in [1.807, 2.05) is 32.0 Å². The van der Waals surface area contributed by atoms with Gasteiger partial charge in [-0.2, -0.15) is 0 Å². The van der Waals surface area contributed by atoms with Crippen molar-refractivity contribution in [2.24, 2.45) is 0 Å². The number of fused-ring (bicyclic) bond motifs is 1. The highest BCUT2D eigenvalue weighted by molar-refractivity contribution is 5.94. The minimum Gasteiger partial charge on any atom is -0.454 e. The molecule has 2 amide bonds. The summed E-state index contributed by atoms with van der Waals surface area (Å²) < 4.78 is 10.6. The molecule has 7 heteroatoms. The molecule has 2 aliphatic rings. The molecule has 0 radical (unpaired) electrons. The van der Waals surface area contributed by atoms with Crippen LogP contribution in [-0.4, -0.2) is 42.6 Å². The van der Waals surface area contributed by atoms with Crippen molar-refractivity contribution in [3.8, 4) is 11.5 Å². The lowest BCUT2D eigenvalue weighted by molar-refractivity contribution is -0.119. The molecule has 0 atom stereocenters. The van der Waals surface area contributed by atoms with Gasteiger partial charge in [0.05, 0.1) is 6.54 Å². The largest absolute Gasteiger partial charge is 0.454 e. The van der Waals surface area contributed by atoms with Gasteiger partial charge in [-0.3, -0.25) is 14.5 Å². The van der Waals surface area contributed by atoms with Crippen LogP contribution < -0.4 is 20.1 Å². The van der Waals surface area contributed by atoms with Crippen LogP contribution in [0, 0.1) is 13.8 Å². The number of anilines is 2. The zero-order chi connectivity index (χ0) is 21.1. The Bertz CT molecular complexity index is 935. The topological polar surface area (TPSA) is 79.9 Å². The molecule has 4 rings (SSSR count).